The van der Waals surface area contributed by atoms with E-state index in [9.17, 15) is 8.42 Å². The molecule has 1 saturated carbocycles. The van der Waals surface area contributed by atoms with Gasteiger partial charge >= 0.3 is 0 Å². The molecule has 0 aliphatic heterocycles. The van der Waals surface area contributed by atoms with Gasteiger partial charge in [0.05, 0.1) is 25.5 Å². The van der Waals surface area contributed by atoms with Gasteiger partial charge in [-0.2, -0.15) is 0 Å². The van der Waals surface area contributed by atoms with E-state index in [1.54, 1.807) is 7.11 Å². The van der Waals surface area contributed by atoms with Crippen LogP contribution in [0.2, 0.25) is 0 Å². The molecule has 1 aromatic carbocycles. The lowest BCUT2D eigenvalue weighted by atomic mass is 10.1. The van der Waals surface area contributed by atoms with Gasteiger partial charge in [-0.1, -0.05) is 12.1 Å². The highest BCUT2D eigenvalue weighted by Gasteiger charge is 2.20. The van der Waals surface area contributed by atoms with Crippen molar-refractivity contribution >= 4 is 16.0 Å². The van der Waals surface area contributed by atoms with E-state index in [1.807, 2.05) is 25.1 Å². The Morgan fingerprint density at radius 1 is 1.30 bits per heavy atom. The van der Waals surface area contributed by atoms with Crippen LogP contribution in [0.1, 0.15) is 38.2 Å². The van der Waals surface area contributed by atoms with E-state index in [4.69, 9.17) is 14.6 Å². The minimum atomic E-state index is -3.51. The molecule has 0 spiro atoms. The van der Waals surface area contributed by atoms with Gasteiger partial charge in [-0.25, -0.2) is 18.5 Å². The van der Waals surface area contributed by atoms with Crippen LogP contribution in [0, 0.1) is 0 Å². The molecule has 2 rings (SSSR count). The average Bonchev–Trinajstić information content (AvgIpc) is 3.12. The Bertz CT molecular complexity index is 731. The summed E-state index contributed by atoms with van der Waals surface area (Å²) in [6, 6.07) is 5.75. The third-order valence-corrected chi connectivity index (χ3v) is 5.07. The third kappa shape index (κ3) is 7.26. The number of methoxy groups -OCH3 is 1. The van der Waals surface area contributed by atoms with Crippen LogP contribution in [0.5, 0.6) is 11.5 Å². The highest BCUT2D eigenvalue weighted by molar-refractivity contribution is 7.89. The summed E-state index contributed by atoms with van der Waals surface area (Å²) in [7, 11) is -1.89. The zero-order chi connectivity index (χ0) is 19.7. The van der Waals surface area contributed by atoms with E-state index < -0.39 is 10.0 Å². The SMILES string of the molecule is CCNC(=NCc1cccc(OC)c1OC1CCCC1)NCCS(N)(=O)=O. The Kier molecular flexibility index (Phi) is 8.18. The Labute approximate surface area is 161 Å². The van der Waals surface area contributed by atoms with Gasteiger partial charge in [-0.05, 0) is 38.7 Å². The number of aliphatic imine (C=N–C) groups is 1. The second-order valence-electron chi connectivity index (χ2n) is 6.46. The first-order valence-corrected chi connectivity index (χ1v) is 11.0. The molecule has 0 aromatic heterocycles. The number of hydrogen-bond donors (Lipinski definition) is 3. The lowest BCUT2D eigenvalue weighted by Crippen LogP contribution is -2.40. The second kappa shape index (κ2) is 10.4. The zero-order valence-corrected chi connectivity index (χ0v) is 16.8. The summed E-state index contributed by atoms with van der Waals surface area (Å²) < 4.78 is 33.8. The number of guanidine groups is 1. The molecular formula is C18H30N4O4S. The standard InChI is InChI=1S/C18H30N4O4S/c1-3-20-18(21-11-12-27(19,23)24)22-13-14-7-6-10-16(25-2)17(14)26-15-8-4-5-9-15/h6-7,10,15H,3-5,8-9,11-13H2,1-2H3,(H2,19,23,24)(H2,20,21,22). The molecule has 1 aromatic rings. The predicted molar refractivity (Wildman–Crippen MR) is 107 cm³/mol. The van der Waals surface area contributed by atoms with Gasteiger partial charge in [0.25, 0.3) is 0 Å². The van der Waals surface area contributed by atoms with Gasteiger partial charge in [0, 0.05) is 18.7 Å². The number of ether oxygens (including phenoxy) is 2. The fourth-order valence-corrected chi connectivity index (χ4v) is 3.36. The molecule has 0 unspecified atom stereocenters. The number of hydrogen-bond acceptors (Lipinski definition) is 5. The van der Waals surface area contributed by atoms with E-state index >= 15 is 0 Å². The second-order valence-corrected chi connectivity index (χ2v) is 8.20. The number of primary sulfonamides is 1. The summed E-state index contributed by atoms with van der Waals surface area (Å²) >= 11 is 0. The van der Waals surface area contributed by atoms with Crippen LogP contribution in [0.4, 0.5) is 0 Å². The van der Waals surface area contributed by atoms with Crippen molar-refractivity contribution < 1.29 is 17.9 Å². The molecule has 0 amide bonds. The molecule has 1 fully saturated rings. The first kappa shape index (κ1) is 21.3. The van der Waals surface area contributed by atoms with Crippen molar-refractivity contribution in [3.63, 3.8) is 0 Å². The summed E-state index contributed by atoms with van der Waals surface area (Å²) in [5.41, 5.74) is 0.921. The largest absolute Gasteiger partial charge is 0.493 e. The van der Waals surface area contributed by atoms with Gasteiger partial charge in [-0.3, -0.25) is 0 Å². The van der Waals surface area contributed by atoms with Gasteiger partial charge in [0.1, 0.15) is 0 Å². The number of para-hydroxylation sites is 1. The van der Waals surface area contributed by atoms with E-state index in [-0.39, 0.29) is 18.4 Å². The Morgan fingerprint density at radius 2 is 2.04 bits per heavy atom. The van der Waals surface area contributed by atoms with Crippen molar-refractivity contribution in [3.8, 4) is 11.5 Å². The van der Waals surface area contributed by atoms with Gasteiger partial charge in [-0.15, -0.1) is 0 Å². The molecule has 0 saturated heterocycles. The first-order valence-electron chi connectivity index (χ1n) is 9.28. The fraction of sp³-hybridized carbons (Fsp3) is 0.611. The number of nitrogens with zero attached hydrogens (tertiary/aromatic N) is 1. The summed E-state index contributed by atoms with van der Waals surface area (Å²) in [4.78, 5) is 4.54. The maximum Gasteiger partial charge on any atom is 0.210 e. The maximum absolute atomic E-state index is 11.1. The Hall–Kier alpha value is -2.00. The minimum Gasteiger partial charge on any atom is -0.493 e. The van der Waals surface area contributed by atoms with Crippen LogP contribution in [-0.2, 0) is 16.6 Å². The van der Waals surface area contributed by atoms with Gasteiger partial charge in [0.2, 0.25) is 10.0 Å². The maximum atomic E-state index is 11.1. The normalized spacial score (nSPS) is 15.6. The molecule has 4 N–H and O–H groups in total. The number of nitrogens with one attached hydrogen (secondary N) is 2. The molecule has 0 atom stereocenters. The molecule has 0 bridgehead atoms. The fourth-order valence-electron chi connectivity index (χ4n) is 2.97. The Balaban J connectivity index is 2.11. The summed E-state index contributed by atoms with van der Waals surface area (Å²) in [5, 5.41) is 11.1. The molecular weight excluding hydrogens is 368 g/mol. The van der Waals surface area contributed by atoms with Gasteiger partial charge < -0.3 is 20.1 Å². The van der Waals surface area contributed by atoms with E-state index in [1.165, 1.54) is 12.8 Å². The molecule has 1 aliphatic rings. The summed E-state index contributed by atoms with van der Waals surface area (Å²) in [5.74, 6) is 1.79. The topological polar surface area (TPSA) is 115 Å². The van der Waals surface area contributed by atoms with Crippen LogP contribution >= 0.6 is 0 Å². The van der Waals surface area contributed by atoms with Crippen LogP contribution in [0.15, 0.2) is 23.2 Å². The lowest BCUT2D eigenvalue weighted by Gasteiger charge is -2.19. The van der Waals surface area contributed by atoms with Crippen molar-refractivity contribution in [2.45, 2.75) is 45.3 Å². The first-order chi connectivity index (χ1) is 12.9. The summed E-state index contributed by atoms with van der Waals surface area (Å²) in [6.45, 7) is 3.17. The van der Waals surface area contributed by atoms with Crippen molar-refractivity contribution in [2.24, 2.45) is 10.1 Å². The Morgan fingerprint density at radius 3 is 2.67 bits per heavy atom. The monoisotopic (exact) mass is 398 g/mol. The number of nitrogens with two attached hydrogens (primary N) is 1. The molecule has 0 heterocycles. The zero-order valence-electron chi connectivity index (χ0n) is 16.0. The molecule has 1 aliphatic carbocycles. The van der Waals surface area contributed by atoms with Gasteiger partial charge in [0.15, 0.2) is 17.5 Å². The summed E-state index contributed by atoms with van der Waals surface area (Å²) in [6.07, 6.45) is 4.69. The van der Waals surface area contributed by atoms with Crippen molar-refractivity contribution in [1.82, 2.24) is 10.6 Å². The molecule has 27 heavy (non-hydrogen) atoms. The smallest absolute Gasteiger partial charge is 0.210 e. The predicted octanol–water partition coefficient (Wildman–Crippen LogP) is 1.36. The third-order valence-electron chi connectivity index (χ3n) is 4.30. The average molecular weight is 399 g/mol. The highest BCUT2D eigenvalue weighted by atomic mass is 32.2. The molecule has 9 heteroatoms. The van der Waals surface area contributed by atoms with E-state index in [0.29, 0.717) is 24.8 Å². The van der Waals surface area contributed by atoms with Crippen LogP contribution in [0.25, 0.3) is 0 Å². The number of benzene rings is 1. The van der Waals surface area contributed by atoms with Crippen LogP contribution < -0.4 is 25.2 Å². The molecule has 0 radical (unpaired) electrons. The quantitative estimate of drug-likeness (QED) is 0.427. The number of rotatable bonds is 9. The highest BCUT2D eigenvalue weighted by Crippen LogP contribution is 2.35. The van der Waals surface area contributed by atoms with E-state index in [2.05, 4.69) is 15.6 Å². The van der Waals surface area contributed by atoms with Crippen LogP contribution in [-0.4, -0.2) is 46.4 Å². The number of sulfonamides is 1. The molecule has 152 valence electrons. The van der Waals surface area contributed by atoms with Crippen molar-refractivity contribution in [2.75, 3.05) is 26.0 Å². The minimum absolute atomic E-state index is 0.160. The molecule has 8 nitrogen and oxygen atoms in total. The van der Waals surface area contributed by atoms with Crippen molar-refractivity contribution in [1.29, 1.82) is 0 Å². The lowest BCUT2D eigenvalue weighted by molar-refractivity contribution is 0.198. The van der Waals surface area contributed by atoms with Crippen LogP contribution in [0.3, 0.4) is 0 Å². The van der Waals surface area contributed by atoms with Crippen molar-refractivity contribution in [3.05, 3.63) is 23.8 Å². The van der Waals surface area contributed by atoms with E-state index in [0.717, 1.165) is 24.2 Å².